The molecule has 0 aliphatic rings. The summed E-state index contributed by atoms with van der Waals surface area (Å²) in [7, 11) is 1.53. The highest BCUT2D eigenvalue weighted by atomic mass is 35.5. The summed E-state index contributed by atoms with van der Waals surface area (Å²) in [4.78, 5) is 0. The number of rotatable bonds is 4. The number of benzene rings is 2. The number of ether oxygens (including phenoxy) is 1. The second-order valence-corrected chi connectivity index (χ2v) is 5.28. The molecule has 2 aromatic carbocycles. The lowest BCUT2D eigenvalue weighted by Gasteiger charge is -2.17. The molecule has 0 fully saturated rings. The van der Waals surface area contributed by atoms with Gasteiger partial charge in [-0.15, -0.1) is 0 Å². The van der Waals surface area contributed by atoms with Gasteiger partial charge in [0.2, 0.25) is 0 Å². The van der Waals surface area contributed by atoms with Gasteiger partial charge < -0.3 is 9.84 Å². The van der Waals surface area contributed by atoms with Gasteiger partial charge in [-0.25, -0.2) is 0 Å². The van der Waals surface area contributed by atoms with Crippen LogP contribution in [0, 0.1) is 0 Å². The molecule has 0 spiro atoms. The minimum absolute atomic E-state index is 0.430. The van der Waals surface area contributed by atoms with Crippen molar-refractivity contribution in [3.63, 3.8) is 0 Å². The number of hydrogen-bond donors (Lipinski definition) is 1. The van der Waals surface area contributed by atoms with Crippen LogP contribution in [0.3, 0.4) is 0 Å². The first-order chi connectivity index (χ1) is 9.58. The molecule has 0 saturated carbocycles. The first kappa shape index (κ1) is 15.2. The van der Waals surface area contributed by atoms with E-state index in [1.165, 1.54) is 7.11 Å². The van der Waals surface area contributed by atoms with Crippen LogP contribution in [-0.2, 0) is 6.42 Å². The van der Waals surface area contributed by atoms with Crippen LogP contribution in [0.1, 0.15) is 29.7 Å². The number of aryl methyl sites for hydroxylation is 1. The van der Waals surface area contributed by atoms with E-state index in [-0.39, 0.29) is 0 Å². The average molecular weight is 311 g/mol. The Bertz CT molecular complexity index is 611. The van der Waals surface area contributed by atoms with Gasteiger partial charge in [0.25, 0.3) is 0 Å². The molecule has 0 saturated heterocycles. The van der Waals surface area contributed by atoms with E-state index in [1.54, 1.807) is 12.1 Å². The Kier molecular flexibility index (Phi) is 4.92. The van der Waals surface area contributed by atoms with E-state index in [4.69, 9.17) is 27.9 Å². The molecule has 1 unspecified atom stereocenters. The fourth-order valence-electron chi connectivity index (χ4n) is 2.20. The lowest BCUT2D eigenvalue weighted by Crippen LogP contribution is -2.04. The van der Waals surface area contributed by atoms with Gasteiger partial charge in [0, 0.05) is 11.6 Å². The fourth-order valence-corrected chi connectivity index (χ4v) is 2.71. The molecule has 0 aromatic heterocycles. The van der Waals surface area contributed by atoms with Crippen LogP contribution in [0.2, 0.25) is 10.0 Å². The van der Waals surface area contributed by atoms with Crippen molar-refractivity contribution in [2.45, 2.75) is 19.4 Å². The Morgan fingerprint density at radius 2 is 1.80 bits per heavy atom. The van der Waals surface area contributed by atoms with Gasteiger partial charge in [-0.1, -0.05) is 54.4 Å². The molecule has 1 N–H and O–H groups in total. The van der Waals surface area contributed by atoms with E-state index in [0.29, 0.717) is 21.4 Å². The van der Waals surface area contributed by atoms with E-state index in [2.05, 4.69) is 0 Å². The van der Waals surface area contributed by atoms with Crippen molar-refractivity contribution in [3.05, 3.63) is 63.1 Å². The predicted octanol–water partition coefficient (Wildman–Crippen LogP) is 4.65. The minimum Gasteiger partial charge on any atom is -0.495 e. The Morgan fingerprint density at radius 1 is 1.10 bits per heavy atom. The molecule has 0 radical (unpaired) electrons. The van der Waals surface area contributed by atoms with Crippen LogP contribution in [0.25, 0.3) is 0 Å². The second-order valence-electron chi connectivity index (χ2n) is 4.46. The van der Waals surface area contributed by atoms with Crippen molar-refractivity contribution in [1.29, 1.82) is 0 Å². The van der Waals surface area contributed by atoms with E-state index in [1.807, 2.05) is 31.2 Å². The zero-order valence-electron chi connectivity index (χ0n) is 11.4. The second kappa shape index (κ2) is 6.49. The maximum absolute atomic E-state index is 10.6. The number of methoxy groups -OCH3 is 1. The summed E-state index contributed by atoms with van der Waals surface area (Å²) in [5, 5.41) is 11.5. The van der Waals surface area contributed by atoms with Crippen LogP contribution < -0.4 is 4.74 Å². The standard InChI is InChI=1S/C16H16Cl2O2/c1-3-10-6-4-5-7-11(10)16(19)12-8-14(18)15(20-2)9-13(12)17/h4-9,16,19H,3H2,1-2H3. The van der Waals surface area contributed by atoms with E-state index >= 15 is 0 Å². The van der Waals surface area contributed by atoms with Crippen LogP contribution >= 0.6 is 23.2 Å². The molecular weight excluding hydrogens is 295 g/mol. The molecule has 2 aromatic rings. The topological polar surface area (TPSA) is 29.5 Å². The van der Waals surface area contributed by atoms with E-state index in [9.17, 15) is 5.11 Å². The predicted molar refractivity (Wildman–Crippen MR) is 82.9 cm³/mol. The summed E-state index contributed by atoms with van der Waals surface area (Å²) in [6.07, 6.45) is 0.0384. The third-order valence-corrected chi connectivity index (χ3v) is 3.92. The lowest BCUT2D eigenvalue weighted by molar-refractivity contribution is 0.219. The van der Waals surface area contributed by atoms with Crippen molar-refractivity contribution < 1.29 is 9.84 Å². The molecule has 1 atom stereocenters. The normalized spacial score (nSPS) is 12.2. The summed E-state index contributed by atoms with van der Waals surface area (Å²) >= 11 is 12.3. The Hall–Kier alpha value is -1.22. The quantitative estimate of drug-likeness (QED) is 0.891. The van der Waals surface area contributed by atoms with Gasteiger partial charge in [-0.3, -0.25) is 0 Å². The van der Waals surface area contributed by atoms with Crippen molar-refractivity contribution in [1.82, 2.24) is 0 Å². The number of aliphatic hydroxyl groups excluding tert-OH is 1. The molecule has 0 bridgehead atoms. The SMILES string of the molecule is CCc1ccccc1C(O)c1cc(Cl)c(OC)cc1Cl. The molecule has 20 heavy (non-hydrogen) atoms. The van der Waals surface area contributed by atoms with Crippen molar-refractivity contribution in [2.75, 3.05) is 7.11 Å². The molecule has 0 heterocycles. The Labute approximate surface area is 128 Å². The highest BCUT2D eigenvalue weighted by Crippen LogP contribution is 2.36. The van der Waals surface area contributed by atoms with Gasteiger partial charge in [0.05, 0.1) is 17.2 Å². The molecule has 4 heteroatoms. The number of hydrogen-bond acceptors (Lipinski definition) is 2. The summed E-state index contributed by atoms with van der Waals surface area (Å²) in [6, 6.07) is 11.0. The zero-order chi connectivity index (χ0) is 14.7. The Morgan fingerprint density at radius 3 is 2.45 bits per heavy atom. The average Bonchev–Trinajstić information content (AvgIpc) is 2.48. The zero-order valence-corrected chi connectivity index (χ0v) is 12.9. The first-order valence-corrected chi connectivity index (χ1v) is 7.12. The Balaban J connectivity index is 2.48. The van der Waals surface area contributed by atoms with Crippen LogP contribution in [-0.4, -0.2) is 12.2 Å². The number of halogens is 2. The highest BCUT2D eigenvalue weighted by molar-refractivity contribution is 6.34. The number of aliphatic hydroxyl groups is 1. The smallest absolute Gasteiger partial charge is 0.138 e. The van der Waals surface area contributed by atoms with Crippen molar-refractivity contribution in [2.24, 2.45) is 0 Å². The summed E-state index contributed by atoms with van der Waals surface area (Å²) in [5.41, 5.74) is 2.51. The summed E-state index contributed by atoms with van der Waals surface area (Å²) < 4.78 is 5.11. The first-order valence-electron chi connectivity index (χ1n) is 6.37. The van der Waals surface area contributed by atoms with Crippen molar-refractivity contribution >= 4 is 23.2 Å². The van der Waals surface area contributed by atoms with Gasteiger partial charge in [0.15, 0.2) is 0 Å². The lowest BCUT2D eigenvalue weighted by atomic mass is 9.95. The third kappa shape index (κ3) is 2.93. The van der Waals surface area contributed by atoms with E-state index in [0.717, 1.165) is 17.5 Å². The summed E-state index contributed by atoms with van der Waals surface area (Å²) in [5.74, 6) is 0.497. The van der Waals surface area contributed by atoms with Gasteiger partial charge in [0.1, 0.15) is 11.9 Å². The molecular formula is C16H16Cl2O2. The van der Waals surface area contributed by atoms with Crippen LogP contribution in [0.4, 0.5) is 0 Å². The molecule has 0 amide bonds. The van der Waals surface area contributed by atoms with Crippen LogP contribution in [0.5, 0.6) is 5.75 Å². The minimum atomic E-state index is -0.804. The van der Waals surface area contributed by atoms with E-state index < -0.39 is 6.10 Å². The van der Waals surface area contributed by atoms with Crippen LogP contribution in [0.15, 0.2) is 36.4 Å². The maximum atomic E-state index is 10.6. The molecule has 0 aliphatic carbocycles. The molecule has 2 nitrogen and oxygen atoms in total. The van der Waals surface area contributed by atoms with Gasteiger partial charge in [-0.05, 0) is 23.6 Å². The highest BCUT2D eigenvalue weighted by Gasteiger charge is 2.18. The van der Waals surface area contributed by atoms with Gasteiger partial charge in [-0.2, -0.15) is 0 Å². The third-order valence-electron chi connectivity index (χ3n) is 3.30. The molecule has 2 rings (SSSR count). The fraction of sp³-hybridized carbons (Fsp3) is 0.250. The summed E-state index contributed by atoms with van der Waals surface area (Å²) in [6.45, 7) is 2.05. The molecule has 0 aliphatic heterocycles. The van der Waals surface area contributed by atoms with Crippen molar-refractivity contribution in [3.8, 4) is 5.75 Å². The largest absolute Gasteiger partial charge is 0.495 e. The maximum Gasteiger partial charge on any atom is 0.138 e. The van der Waals surface area contributed by atoms with Gasteiger partial charge >= 0.3 is 0 Å². The monoisotopic (exact) mass is 310 g/mol. The molecule has 106 valence electrons.